The van der Waals surface area contributed by atoms with Gasteiger partial charge in [0.2, 0.25) is 0 Å². The largest absolute Gasteiger partial charge is 0.393 e. The molecule has 22 heavy (non-hydrogen) atoms. The summed E-state index contributed by atoms with van der Waals surface area (Å²) < 4.78 is 21.6. The summed E-state index contributed by atoms with van der Waals surface area (Å²) in [5.74, 6) is 0.615. The molecule has 0 spiro atoms. The molecule has 1 aliphatic rings. The fourth-order valence-corrected chi connectivity index (χ4v) is 2.80. The number of ether oxygens (including phenoxy) is 1. The third-order valence-corrected chi connectivity index (χ3v) is 4.17. The number of halogens is 1. The molecule has 2 aromatic rings. The van der Waals surface area contributed by atoms with Gasteiger partial charge in [0.15, 0.2) is 23.9 Å². The van der Waals surface area contributed by atoms with E-state index in [0.717, 1.165) is 0 Å². The first kappa shape index (κ1) is 15.1. The summed E-state index contributed by atoms with van der Waals surface area (Å²) in [6.45, 7) is 2.89. The Bertz CT molecular complexity index is 702. The zero-order valence-corrected chi connectivity index (χ0v) is 12.3. The van der Waals surface area contributed by atoms with Gasteiger partial charge in [-0.05, 0) is 13.3 Å². The Morgan fingerprint density at radius 1 is 1.50 bits per heavy atom. The highest BCUT2D eigenvalue weighted by molar-refractivity contribution is 5.81. The predicted molar refractivity (Wildman–Crippen MR) is 75.6 cm³/mol. The molecule has 120 valence electrons. The minimum Gasteiger partial charge on any atom is -0.393 e. The van der Waals surface area contributed by atoms with E-state index in [-0.39, 0.29) is 12.2 Å². The number of alkyl halides is 1. The number of aryl methyl sites for hydroxylation is 1. The highest BCUT2D eigenvalue weighted by Gasteiger charge is 2.55. The van der Waals surface area contributed by atoms with Gasteiger partial charge < -0.3 is 20.7 Å². The summed E-state index contributed by atoms with van der Waals surface area (Å²) in [7, 11) is 0. The van der Waals surface area contributed by atoms with E-state index in [1.807, 2.05) is 0 Å². The van der Waals surface area contributed by atoms with Gasteiger partial charge in [0.25, 0.3) is 0 Å². The van der Waals surface area contributed by atoms with Crippen LogP contribution in [0.5, 0.6) is 0 Å². The molecule has 0 radical (unpaired) electrons. The maximum atomic E-state index is 14.5. The van der Waals surface area contributed by atoms with Gasteiger partial charge >= 0.3 is 0 Å². The van der Waals surface area contributed by atoms with Crippen LogP contribution in [0.3, 0.4) is 0 Å². The number of hydrogen-bond acceptors (Lipinski definition) is 7. The molecule has 1 fully saturated rings. The third-order valence-electron chi connectivity index (χ3n) is 4.17. The standard InChI is InChI=1S/C13H18FN5O3/c1-3-13(4-20)9(21)7(14)12(22-13)19-5-16-8-10(15)17-6(2)18-11(8)19/h5,7,9,12,20-21H,3-4H2,1-2H3,(H2,15,17,18)/t7-,9+,12-,13-/m1/s1. The second kappa shape index (κ2) is 5.11. The topological polar surface area (TPSA) is 119 Å². The average molecular weight is 311 g/mol. The van der Waals surface area contributed by atoms with Gasteiger partial charge in [0, 0.05) is 0 Å². The zero-order chi connectivity index (χ0) is 16.1. The third kappa shape index (κ3) is 1.97. The molecule has 0 bridgehead atoms. The van der Waals surface area contributed by atoms with Gasteiger partial charge in [0.05, 0.1) is 12.9 Å². The Morgan fingerprint density at radius 3 is 2.82 bits per heavy atom. The molecule has 9 heteroatoms. The van der Waals surface area contributed by atoms with E-state index in [1.54, 1.807) is 13.8 Å². The molecule has 1 saturated heterocycles. The average Bonchev–Trinajstić information content (AvgIpc) is 3.01. The second-order valence-electron chi connectivity index (χ2n) is 5.45. The molecule has 4 atom stereocenters. The van der Waals surface area contributed by atoms with Crippen molar-refractivity contribution in [3.8, 4) is 0 Å². The lowest BCUT2D eigenvalue weighted by molar-refractivity contribution is -0.128. The van der Waals surface area contributed by atoms with Gasteiger partial charge in [-0.3, -0.25) is 4.57 Å². The number of anilines is 1. The van der Waals surface area contributed by atoms with E-state index >= 15 is 0 Å². The van der Waals surface area contributed by atoms with E-state index in [1.165, 1.54) is 10.9 Å². The molecule has 3 heterocycles. The minimum atomic E-state index is -1.72. The Balaban J connectivity index is 2.09. The van der Waals surface area contributed by atoms with Crippen LogP contribution in [0.2, 0.25) is 0 Å². The summed E-state index contributed by atoms with van der Waals surface area (Å²) >= 11 is 0. The first-order valence-corrected chi connectivity index (χ1v) is 7.01. The summed E-state index contributed by atoms with van der Waals surface area (Å²) in [5, 5.41) is 19.6. The van der Waals surface area contributed by atoms with Crippen molar-refractivity contribution >= 4 is 17.0 Å². The number of aliphatic hydroxyl groups is 2. The van der Waals surface area contributed by atoms with Crippen LogP contribution in [0.4, 0.5) is 10.2 Å². The maximum absolute atomic E-state index is 14.5. The number of aliphatic hydroxyl groups excluding tert-OH is 2. The highest BCUT2D eigenvalue weighted by atomic mass is 19.1. The Morgan fingerprint density at radius 2 is 2.23 bits per heavy atom. The van der Waals surface area contributed by atoms with Gasteiger partial charge in [-0.15, -0.1) is 0 Å². The highest BCUT2D eigenvalue weighted by Crippen LogP contribution is 2.41. The van der Waals surface area contributed by atoms with Crippen LogP contribution in [0.25, 0.3) is 11.2 Å². The molecular formula is C13H18FN5O3. The number of aromatic nitrogens is 4. The lowest BCUT2D eigenvalue weighted by atomic mass is 9.94. The van der Waals surface area contributed by atoms with Crippen molar-refractivity contribution in [1.29, 1.82) is 0 Å². The van der Waals surface area contributed by atoms with Crippen LogP contribution in [-0.4, -0.2) is 54.2 Å². The predicted octanol–water partition coefficient (Wildman–Crippen LogP) is 0.0858. The zero-order valence-electron chi connectivity index (χ0n) is 12.3. The quantitative estimate of drug-likeness (QED) is 0.734. The van der Waals surface area contributed by atoms with Crippen LogP contribution in [-0.2, 0) is 4.74 Å². The lowest BCUT2D eigenvalue weighted by Crippen LogP contribution is -2.44. The first-order valence-electron chi connectivity index (χ1n) is 7.01. The second-order valence-corrected chi connectivity index (χ2v) is 5.45. The van der Waals surface area contributed by atoms with Crippen LogP contribution < -0.4 is 5.73 Å². The fraction of sp³-hybridized carbons (Fsp3) is 0.615. The molecule has 0 unspecified atom stereocenters. The summed E-state index contributed by atoms with van der Waals surface area (Å²) in [6.07, 6.45) is -2.68. The first-order chi connectivity index (χ1) is 10.4. The number of hydrogen-bond donors (Lipinski definition) is 3. The molecule has 3 rings (SSSR count). The van der Waals surface area contributed by atoms with Crippen molar-refractivity contribution in [3.05, 3.63) is 12.2 Å². The van der Waals surface area contributed by atoms with E-state index in [9.17, 15) is 14.6 Å². The van der Waals surface area contributed by atoms with E-state index in [4.69, 9.17) is 10.5 Å². The number of nitrogens with two attached hydrogens (primary N) is 1. The minimum absolute atomic E-state index is 0.194. The van der Waals surface area contributed by atoms with Gasteiger partial charge in [-0.25, -0.2) is 19.3 Å². The van der Waals surface area contributed by atoms with Gasteiger partial charge in [-0.2, -0.15) is 0 Å². The fourth-order valence-electron chi connectivity index (χ4n) is 2.80. The van der Waals surface area contributed by atoms with Gasteiger partial charge in [0.1, 0.15) is 23.0 Å². The Labute approximate surface area is 125 Å². The number of fused-ring (bicyclic) bond motifs is 1. The molecule has 2 aromatic heterocycles. The van der Waals surface area contributed by atoms with E-state index in [0.29, 0.717) is 17.0 Å². The Hall–Kier alpha value is -1.84. The molecule has 0 aromatic carbocycles. The van der Waals surface area contributed by atoms with Crippen molar-refractivity contribution in [1.82, 2.24) is 19.5 Å². The lowest BCUT2D eigenvalue weighted by Gasteiger charge is -2.28. The number of imidazole rings is 1. The van der Waals surface area contributed by atoms with Crippen LogP contribution >= 0.6 is 0 Å². The molecule has 0 saturated carbocycles. The Kier molecular flexibility index (Phi) is 3.50. The monoisotopic (exact) mass is 311 g/mol. The summed E-state index contributed by atoms with van der Waals surface area (Å²) in [5.41, 5.74) is 5.12. The normalized spacial score (nSPS) is 32.0. The summed E-state index contributed by atoms with van der Waals surface area (Å²) in [6, 6.07) is 0. The van der Waals surface area contributed by atoms with Gasteiger partial charge in [-0.1, -0.05) is 6.92 Å². The smallest absolute Gasteiger partial charge is 0.174 e. The van der Waals surface area contributed by atoms with E-state index < -0.39 is 30.7 Å². The SMILES string of the molecule is CC[C@]1(CO)O[C@@H](n2cnc3c(N)nc(C)nc32)[C@H](F)[C@@H]1O. The van der Waals surface area contributed by atoms with Crippen LogP contribution in [0, 0.1) is 6.92 Å². The van der Waals surface area contributed by atoms with Crippen molar-refractivity contribution < 1.29 is 19.3 Å². The number of nitrogens with zero attached hydrogens (tertiary/aromatic N) is 4. The van der Waals surface area contributed by atoms with Crippen molar-refractivity contribution in [3.63, 3.8) is 0 Å². The number of nitrogen functional groups attached to an aromatic ring is 1. The maximum Gasteiger partial charge on any atom is 0.174 e. The van der Waals surface area contributed by atoms with Crippen molar-refractivity contribution in [2.75, 3.05) is 12.3 Å². The number of rotatable bonds is 3. The van der Waals surface area contributed by atoms with E-state index in [2.05, 4.69) is 15.0 Å². The molecule has 0 amide bonds. The van der Waals surface area contributed by atoms with Crippen LogP contribution in [0.1, 0.15) is 25.4 Å². The molecule has 1 aliphatic heterocycles. The summed E-state index contributed by atoms with van der Waals surface area (Å²) in [4.78, 5) is 12.3. The van der Waals surface area contributed by atoms with Crippen LogP contribution in [0.15, 0.2) is 6.33 Å². The van der Waals surface area contributed by atoms with Crippen molar-refractivity contribution in [2.24, 2.45) is 0 Å². The molecule has 4 N–H and O–H groups in total. The molecular weight excluding hydrogens is 293 g/mol. The molecule has 0 aliphatic carbocycles. The molecule has 8 nitrogen and oxygen atoms in total. The van der Waals surface area contributed by atoms with Crippen molar-refractivity contribution in [2.45, 2.75) is 44.4 Å².